The van der Waals surface area contributed by atoms with E-state index in [1.54, 1.807) is 13.8 Å². The molecule has 1 aromatic carbocycles. The maximum atomic E-state index is 12.9. The second-order valence-electron chi connectivity index (χ2n) is 10.3. The fourth-order valence-corrected chi connectivity index (χ4v) is 4.34. The highest BCUT2D eigenvalue weighted by Crippen LogP contribution is 2.63. The van der Waals surface area contributed by atoms with Crippen LogP contribution >= 0.6 is 0 Å². The summed E-state index contributed by atoms with van der Waals surface area (Å²) in [6.45, 7) is 11.8. The largest absolute Gasteiger partial charge is 0.386 e. The Labute approximate surface area is 161 Å². The molecule has 2 aromatic rings. The van der Waals surface area contributed by atoms with Gasteiger partial charge in [-0.2, -0.15) is 0 Å². The zero-order valence-electron chi connectivity index (χ0n) is 17.3. The van der Waals surface area contributed by atoms with Gasteiger partial charge in [-0.3, -0.25) is 10.1 Å². The Morgan fingerprint density at radius 2 is 1.89 bits per heavy atom. The first-order valence-corrected chi connectivity index (χ1v) is 9.97. The van der Waals surface area contributed by atoms with Gasteiger partial charge in [-0.25, -0.2) is 4.98 Å². The number of aromatic nitrogens is 2. The molecule has 0 aliphatic heterocycles. The molecule has 1 amide bonds. The average molecular weight is 370 g/mol. The molecule has 1 atom stereocenters. The van der Waals surface area contributed by atoms with Gasteiger partial charge in [0, 0.05) is 11.5 Å². The summed E-state index contributed by atoms with van der Waals surface area (Å²) in [6, 6.07) is 5.91. The number of benzene rings is 1. The Balaban J connectivity index is 1.78. The molecule has 3 aliphatic rings. The molecule has 3 fully saturated rings. The number of amides is 1. The van der Waals surface area contributed by atoms with Crippen molar-refractivity contribution in [3.8, 4) is 0 Å². The number of rotatable bonds is 4. The first-order valence-electron chi connectivity index (χ1n) is 9.97. The summed E-state index contributed by atoms with van der Waals surface area (Å²) >= 11 is 0. The number of aliphatic hydroxyl groups is 1. The van der Waals surface area contributed by atoms with Gasteiger partial charge in [-0.05, 0) is 62.1 Å². The minimum atomic E-state index is -0.910. The lowest BCUT2D eigenvalue weighted by Crippen LogP contribution is -2.59. The summed E-state index contributed by atoms with van der Waals surface area (Å²) in [4.78, 5) is 17.6. The number of nitrogens with one attached hydrogen (secondary N) is 1. The molecule has 5 heteroatoms. The zero-order valence-corrected chi connectivity index (χ0v) is 17.3. The van der Waals surface area contributed by atoms with Crippen molar-refractivity contribution in [2.75, 3.05) is 5.32 Å². The van der Waals surface area contributed by atoms with Gasteiger partial charge in [0.1, 0.15) is 0 Å². The summed E-state index contributed by atoms with van der Waals surface area (Å²) in [6.07, 6.45) is 3.47. The van der Waals surface area contributed by atoms with E-state index < -0.39 is 5.60 Å². The topological polar surface area (TPSA) is 67.2 Å². The van der Waals surface area contributed by atoms with Crippen molar-refractivity contribution in [2.45, 2.75) is 71.9 Å². The zero-order chi connectivity index (χ0) is 19.8. The lowest BCUT2D eigenvalue weighted by molar-refractivity contribution is -0.122. The van der Waals surface area contributed by atoms with E-state index in [0.29, 0.717) is 5.95 Å². The molecule has 0 saturated heterocycles. The third-order valence-electron chi connectivity index (χ3n) is 6.77. The molecule has 27 heavy (non-hydrogen) atoms. The molecule has 0 unspecified atom stereocenters. The predicted molar refractivity (Wildman–Crippen MR) is 108 cm³/mol. The van der Waals surface area contributed by atoms with Crippen molar-refractivity contribution in [1.29, 1.82) is 0 Å². The molecular formula is C22H31N3O2. The van der Waals surface area contributed by atoms with E-state index in [2.05, 4.69) is 30.7 Å². The second-order valence-corrected chi connectivity index (χ2v) is 10.3. The highest BCUT2D eigenvalue weighted by Gasteiger charge is 2.59. The predicted octanol–water partition coefficient (Wildman–Crippen LogP) is 4.39. The van der Waals surface area contributed by atoms with E-state index in [1.807, 2.05) is 25.1 Å². The van der Waals surface area contributed by atoms with E-state index in [9.17, 15) is 9.90 Å². The monoisotopic (exact) mass is 369 g/mol. The van der Waals surface area contributed by atoms with Gasteiger partial charge >= 0.3 is 0 Å². The molecule has 0 radical (unpaired) electrons. The minimum Gasteiger partial charge on any atom is -0.386 e. The molecule has 2 N–H and O–H groups in total. The standard InChI is InChI=1S/C22H31N3O2/c1-13(20(2,3)4)18(26)24-19-23-16-8-7-15(21(5,6)27)9-17(16)25(19)22-10-14(11-22)12-22/h7-9,13-14,27H,10-12H2,1-6H3,(H,23,24,26)/t13-,14?,22?/m1/s1. The smallest absolute Gasteiger partial charge is 0.230 e. The summed E-state index contributed by atoms with van der Waals surface area (Å²) in [5.74, 6) is 1.35. The molecule has 5 rings (SSSR count). The molecule has 5 nitrogen and oxygen atoms in total. The Morgan fingerprint density at radius 3 is 2.37 bits per heavy atom. The fourth-order valence-electron chi connectivity index (χ4n) is 4.34. The van der Waals surface area contributed by atoms with Gasteiger partial charge in [-0.15, -0.1) is 0 Å². The maximum Gasteiger partial charge on any atom is 0.230 e. The van der Waals surface area contributed by atoms with E-state index in [-0.39, 0.29) is 22.8 Å². The summed E-state index contributed by atoms with van der Waals surface area (Å²) in [7, 11) is 0. The van der Waals surface area contributed by atoms with E-state index in [1.165, 1.54) is 0 Å². The number of nitrogens with zero attached hydrogens (tertiary/aromatic N) is 2. The SMILES string of the molecule is C[C@H](C(=O)Nc1nc2ccc(C(C)(C)O)cc2n1C12CC(C1)C2)C(C)(C)C. The van der Waals surface area contributed by atoms with E-state index in [4.69, 9.17) is 4.98 Å². The van der Waals surface area contributed by atoms with Gasteiger partial charge in [0.25, 0.3) is 0 Å². The number of hydrogen-bond acceptors (Lipinski definition) is 3. The number of fused-ring (bicyclic) bond motifs is 1. The van der Waals surface area contributed by atoms with Crippen molar-refractivity contribution in [3.05, 3.63) is 23.8 Å². The van der Waals surface area contributed by atoms with Crippen LogP contribution in [0, 0.1) is 17.3 Å². The van der Waals surface area contributed by atoms with Crippen LogP contribution in [-0.2, 0) is 15.9 Å². The Bertz CT molecular complexity index is 897. The number of anilines is 1. The minimum absolute atomic E-state index is 0.00774. The van der Waals surface area contributed by atoms with Gasteiger partial charge in [-0.1, -0.05) is 33.8 Å². The number of hydrogen-bond donors (Lipinski definition) is 2. The molecule has 2 bridgehead atoms. The fraction of sp³-hybridized carbons (Fsp3) is 0.636. The second kappa shape index (κ2) is 5.57. The van der Waals surface area contributed by atoms with Crippen molar-refractivity contribution in [2.24, 2.45) is 17.3 Å². The van der Waals surface area contributed by atoms with Crippen LogP contribution in [0.3, 0.4) is 0 Å². The highest BCUT2D eigenvalue weighted by molar-refractivity contribution is 5.93. The van der Waals surface area contributed by atoms with Gasteiger partial charge < -0.3 is 9.67 Å². The van der Waals surface area contributed by atoms with Crippen LogP contribution < -0.4 is 5.32 Å². The van der Waals surface area contributed by atoms with Crippen LogP contribution in [0.15, 0.2) is 18.2 Å². The molecule has 1 heterocycles. The average Bonchev–Trinajstić information content (AvgIpc) is 2.79. The van der Waals surface area contributed by atoms with Crippen molar-refractivity contribution < 1.29 is 9.90 Å². The number of imidazole rings is 1. The quantitative estimate of drug-likeness (QED) is 0.840. The normalized spacial score (nSPS) is 25.7. The molecule has 3 saturated carbocycles. The van der Waals surface area contributed by atoms with Crippen LogP contribution in [-0.4, -0.2) is 20.6 Å². The van der Waals surface area contributed by atoms with Crippen LogP contribution in [0.5, 0.6) is 0 Å². The third kappa shape index (κ3) is 2.87. The number of carbonyl (C=O) groups excluding carboxylic acids is 1. The lowest BCUT2D eigenvalue weighted by atomic mass is 9.49. The summed E-state index contributed by atoms with van der Waals surface area (Å²) in [5, 5.41) is 13.6. The summed E-state index contributed by atoms with van der Waals surface area (Å²) in [5.41, 5.74) is 1.81. The van der Waals surface area contributed by atoms with Crippen LogP contribution in [0.25, 0.3) is 11.0 Å². The Kier molecular flexibility index (Phi) is 3.81. The first-order chi connectivity index (χ1) is 12.4. The van der Waals surface area contributed by atoms with E-state index >= 15 is 0 Å². The summed E-state index contributed by atoms with van der Waals surface area (Å²) < 4.78 is 2.24. The van der Waals surface area contributed by atoms with Gasteiger partial charge in [0.05, 0.1) is 16.6 Å². The van der Waals surface area contributed by atoms with Crippen molar-refractivity contribution in [1.82, 2.24) is 9.55 Å². The van der Waals surface area contributed by atoms with Gasteiger partial charge in [0.2, 0.25) is 11.9 Å². The van der Waals surface area contributed by atoms with Gasteiger partial charge in [0.15, 0.2) is 0 Å². The highest BCUT2D eigenvalue weighted by atomic mass is 16.3. The molecule has 0 spiro atoms. The van der Waals surface area contributed by atoms with Crippen molar-refractivity contribution >= 4 is 22.9 Å². The first kappa shape index (κ1) is 18.5. The maximum absolute atomic E-state index is 12.9. The lowest BCUT2D eigenvalue weighted by Gasteiger charge is -2.62. The van der Waals surface area contributed by atoms with Crippen LogP contribution in [0.4, 0.5) is 5.95 Å². The Morgan fingerprint density at radius 1 is 1.26 bits per heavy atom. The van der Waals surface area contributed by atoms with Crippen LogP contribution in [0.2, 0.25) is 0 Å². The van der Waals surface area contributed by atoms with E-state index in [0.717, 1.165) is 41.8 Å². The Hall–Kier alpha value is -1.88. The molecular weight excluding hydrogens is 338 g/mol. The molecule has 146 valence electrons. The van der Waals surface area contributed by atoms with Crippen molar-refractivity contribution in [3.63, 3.8) is 0 Å². The van der Waals surface area contributed by atoms with Crippen LogP contribution in [0.1, 0.15) is 66.4 Å². The molecule has 1 aromatic heterocycles. The number of carbonyl (C=O) groups is 1. The molecule has 3 aliphatic carbocycles. The third-order valence-corrected chi connectivity index (χ3v) is 6.77.